The van der Waals surface area contributed by atoms with Gasteiger partial charge in [0.2, 0.25) is 0 Å². The first-order valence-electron chi connectivity index (χ1n) is 11.4. The van der Waals surface area contributed by atoms with E-state index in [0.717, 1.165) is 39.0 Å². The smallest absolute Gasteiger partial charge is 0.253 e. The van der Waals surface area contributed by atoms with Crippen LogP contribution < -0.4 is 10.9 Å². The number of aryl methyl sites for hydroxylation is 1. The van der Waals surface area contributed by atoms with Crippen LogP contribution in [0, 0.1) is 6.92 Å². The lowest BCUT2D eigenvalue weighted by molar-refractivity contribution is 0.0950. The van der Waals surface area contributed by atoms with E-state index in [0.29, 0.717) is 25.1 Å². The van der Waals surface area contributed by atoms with Gasteiger partial charge in [-0.25, -0.2) is 4.98 Å². The molecule has 4 heterocycles. The number of H-pyrrole nitrogens is 1. The summed E-state index contributed by atoms with van der Waals surface area (Å²) < 4.78 is 1.68. The quantitative estimate of drug-likeness (QED) is 0.382. The van der Waals surface area contributed by atoms with Crippen LogP contribution in [0.25, 0.3) is 11.0 Å². The van der Waals surface area contributed by atoms with Crippen molar-refractivity contribution in [2.75, 3.05) is 0 Å². The Morgan fingerprint density at radius 2 is 1.83 bits per heavy atom. The number of nitrogens with zero attached hydrogens (tertiary/aromatic N) is 3. The molecule has 0 fully saturated rings. The van der Waals surface area contributed by atoms with E-state index >= 15 is 0 Å². The molecular formula is C28H25N5O2. The Labute approximate surface area is 202 Å². The Bertz CT molecular complexity index is 1550. The normalized spacial score (nSPS) is 11.0. The summed E-state index contributed by atoms with van der Waals surface area (Å²) in [6, 6.07) is 19.2. The molecule has 35 heavy (non-hydrogen) atoms. The van der Waals surface area contributed by atoms with Gasteiger partial charge in [0.15, 0.2) is 0 Å². The third kappa shape index (κ3) is 5.19. The molecule has 0 spiro atoms. The summed E-state index contributed by atoms with van der Waals surface area (Å²) in [6.45, 7) is 2.87. The van der Waals surface area contributed by atoms with E-state index in [2.05, 4.69) is 20.3 Å². The number of benzene rings is 1. The maximum atomic E-state index is 12.8. The number of rotatable bonds is 7. The first kappa shape index (κ1) is 22.3. The number of hydrogen-bond acceptors (Lipinski definition) is 4. The zero-order valence-corrected chi connectivity index (χ0v) is 19.4. The number of nitrogens with one attached hydrogen (secondary N) is 2. The summed E-state index contributed by atoms with van der Waals surface area (Å²) in [6.07, 6.45) is 7.67. The monoisotopic (exact) mass is 463 g/mol. The fraction of sp³-hybridized carbons (Fsp3) is 0.143. The lowest BCUT2D eigenvalue weighted by Crippen LogP contribution is -2.23. The Hall–Kier alpha value is -4.52. The van der Waals surface area contributed by atoms with Crippen LogP contribution in [0.3, 0.4) is 0 Å². The van der Waals surface area contributed by atoms with Gasteiger partial charge in [0, 0.05) is 48.5 Å². The number of aromatic amines is 1. The fourth-order valence-electron chi connectivity index (χ4n) is 4.07. The number of fused-ring (bicyclic) bond motifs is 1. The molecule has 174 valence electrons. The van der Waals surface area contributed by atoms with Crippen molar-refractivity contribution < 1.29 is 4.79 Å². The van der Waals surface area contributed by atoms with Gasteiger partial charge in [-0.3, -0.25) is 14.6 Å². The van der Waals surface area contributed by atoms with Crippen LogP contribution in [-0.2, 0) is 19.5 Å². The second-order valence-electron chi connectivity index (χ2n) is 8.57. The second-order valence-corrected chi connectivity index (χ2v) is 8.57. The summed E-state index contributed by atoms with van der Waals surface area (Å²) in [7, 11) is 0. The molecule has 7 nitrogen and oxygen atoms in total. The van der Waals surface area contributed by atoms with E-state index in [1.54, 1.807) is 35.3 Å². The van der Waals surface area contributed by atoms with Crippen LogP contribution in [0.4, 0.5) is 0 Å². The van der Waals surface area contributed by atoms with Crippen LogP contribution >= 0.6 is 0 Å². The summed E-state index contributed by atoms with van der Waals surface area (Å²) >= 11 is 0. The number of amides is 1. The molecule has 0 atom stereocenters. The zero-order chi connectivity index (χ0) is 24.2. The van der Waals surface area contributed by atoms with Gasteiger partial charge in [-0.05, 0) is 59.9 Å². The van der Waals surface area contributed by atoms with Gasteiger partial charge in [0.1, 0.15) is 5.65 Å². The molecule has 5 rings (SSSR count). The standard InChI is InChI=1S/C28H25N5O2/c1-19-24(14-23-9-10-30-27(23)32-19)17-31-28(35)25-13-22(15-29-16-25)12-20-5-7-21(8-6-20)18-33-11-3-2-4-26(33)34/h2-11,13-16H,12,17-18H2,1H3,(H,30,32)(H,31,35). The molecule has 2 N–H and O–H groups in total. The molecule has 0 saturated carbocycles. The van der Waals surface area contributed by atoms with E-state index in [-0.39, 0.29) is 11.5 Å². The highest BCUT2D eigenvalue weighted by atomic mass is 16.1. The first-order chi connectivity index (χ1) is 17.0. The number of pyridine rings is 3. The summed E-state index contributed by atoms with van der Waals surface area (Å²) in [5.41, 5.74) is 6.32. The highest BCUT2D eigenvalue weighted by Crippen LogP contribution is 2.16. The lowest BCUT2D eigenvalue weighted by Gasteiger charge is -2.09. The van der Waals surface area contributed by atoms with Crippen molar-refractivity contribution in [3.8, 4) is 0 Å². The molecule has 0 radical (unpaired) electrons. The molecule has 1 aromatic carbocycles. The van der Waals surface area contributed by atoms with Crippen molar-refractivity contribution in [1.29, 1.82) is 0 Å². The van der Waals surface area contributed by atoms with E-state index in [1.807, 2.05) is 61.7 Å². The van der Waals surface area contributed by atoms with Crippen molar-refractivity contribution in [3.63, 3.8) is 0 Å². The Morgan fingerprint density at radius 3 is 2.66 bits per heavy atom. The number of carbonyl (C=O) groups is 1. The molecular weight excluding hydrogens is 438 g/mol. The van der Waals surface area contributed by atoms with E-state index in [9.17, 15) is 9.59 Å². The highest BCUT2D eigenvalue weighted by molar-refractivity contribution is 5.94. The number of carbonyl (C=O) groups excluding carboxylic acids is 1. The second kappa shape index (κ2) is 9.77. The third-order valence-electron chi connectivity index (χ3n) is 6.01. The molecule has 0 saturated heterocycles. The third-order valence-corrected chi connectivity index (χ3v) is 6.01. The van der Waals surface area contributed by atoms with E-state index in [4.69, 9.17) is 0 Å². The zero-order valence-electron chi connectivity index (χ0n) is 19.4. The predicted octanol–water partition coefficient (Wildman–Crippen LogP) is 4.00. The molecule has 4 aromatic heterocycles. The van der Waals surface area contributed by atoms with Crippen molar-refractivity contribution in [2.45, 2.75) is 26.4 Å². The Kier molecular flexibility index (Phi) is 6.22. The molecule has 0 aliphatic rings. The molecule has 0 aliphatic carbocycles. The minimum Gasteiger partial charge on any atom is -0.348 e. The fourth-order valence-corrected chi connectivity index (χ4v) is 4.07. The van der Waals surface area contributed by atoms with Gasteiger partial charge in [0.05, 0.1) is 12.1 Å². The molecule has 5 aromatic rings. The van der Waals surface area contributed by atoms with Crippen molar-refractivity contribution in [3.05, 3.63) is 129 Å². The van der Waals surface area contributed by atoms with Crippen molar-refractivity contribution in [2.24, 2.45) is 0 Å². The molecule has 0 unspecified atom stereocenters. The molecule has 7 heteroatoms. The first-order valence-corrected chi connectivity index (χ1v) is 11.4. The van der Waals surface area contributed by atoms with E-state index < -0.39 is 0 Å². The minimum absolute atomic E-state index is 0.0193. The number of hydrogen-bond donors (Lipinski definition) is 2. The number of aromatic nitrogens is 4. The maximum Gasteiger partial charge on any atom is 0.253 e. The predicted molar refractivity (Wildman–Crippen MR) is 135 cm³/mol. The minimum atomic E-state index is -0.170. The molecule has 1 amide bonds. The average Bonchev–Trinajstić information content (AvgIpc) is 3.32. The van der Waals surface area contributed by atoms with Gasteiger partial charge in [-0.15, -0.1) is 0 Å². The lowest BCUT2D eigenvalue weighted by atomic mass is 10.0. The van der Waals surface area contributed by atoms with Gasteiger partial charge in [-0.2, -0.15) is 0 Å². The molecule has 0 bridgehead atoms. The van der Waals surface area contributed by atoms with Gasteiger partial charge in [0.25, 0.3) is 11.5 Å². The summed E-state index contributed by atoms with van der Waals surface area (Å²) in [4.78, 5) is 36.6. The summed E-state index contributed by atoms with van der Waals surface area (Å²) in [5, 5.41) is 4.00. The SMILES string of the molecule is Cc1nc2[nH]ccc2cc1CNC(=O)c1cncc(Cc2ccc(Cn3ccccc3=O)cc2)c1. The van der Waals surface area contributed by atoms with Crippen LogP contribution in [0.5, 0.6) is 0 Å². The average molecular weight is 464 g/mol. The van der Waals surface area contributed by atoms with E-state index in [1.165, 1.54) is 0 Å². The van der Waals surface area contributed by atoms with Gasteiger partial charge >= 0.3 is 0 Å². The van der Waals surface area contributed by atoms with Crippen LogP contribution in [0.15, 0.2) is 90.2 Å². The topological polar surface area (TPSA) is 92.7 Å². The Balaban J connectivity index is 1.23. The highest BCUT2D eigenvalue weighted by Gasteiger charge is 2.10. The van der Waals surface area contributed by atoms with Gasteiger partial charge in [-0.1, -0.05) is 30.3 Å². The van der Waals surface area contributed by atoms with Gasteiger partial charge < -0.3 is 14.9 Å². The Morgan fingerprint density at radius 1 is 1.00 bits per heavy atom. The summed E-state index contributed by atoms with van der Waals surface area (Å²) in [5.74, 6) is -0.170. The van der Waals surface area contributed by atoms with Crippen LogP contribution in [0.2, 0.25) is 0 Å². The molecule has 0 aliphatic heterocycles. The van der Waals surface area contributed by atoms with Crippen LogP contribution in [-0.4, -0.2) is 25.4 Å². The van der Waals surface area contributed by atoms with Crippen molar-refractivity contribution in [1.82, 2.24) is 24.8 Å². The maximum absolute atomic E-state index is 12.8. The largest absolute Gasteiger partial charge is 0.348 e. The van der Waals surface area contributed by atoms with Crippen molar-refractivity contribution >= 4 is 16.9 Å². The van der Waals surface area contributed by atoms with Crippen LogP contribution in [0.1, 0.15) is 38.3 Å².